The first-order valence-corrected chi connectivity index (χ1v) is 9.92. The third-order valence-corrected chi connectivity index (χ3v) is 5.35. The summed E-state index contributed by atoms with van der Waals surface area (Å²) in [5.74, 6) is -0.784. The quantitative estimate of drug-likeness (QED) is 0.349. The molecule has 1 aliphatic rings. The van der Waals surface area contributed by atoms with Gasteiger partial charge >= 0.3 is 5.91 Å². The second-order valence-corrected chi connectivity index (χ2v) is 7.56. The van der Waals surface area contributed by atoms with E-state index in [0.29, 0.717) is 22.7 Å². The molecule has 0 saturated carbocycles. The average Bonchev–Trinajstić information content (AvgIpc) is 3.05. The highest BCUT2D eigenvalue weighted by atomic mass is 79.9. The van der Waals surface area contributed by atoms with Crippen molar-refractivity contribution < 1.29 is 19.4 Å². The van der Waals surface area contributed by atoms with Crippen LogP contribution in [0.3, 0.4) is 0 Å². The predicted molar refractivity (Wildman–Crippen MR) is 116 cm³/mol. The highest BCUT2D eigenvalue weighted by molar-refractivity contribution is 9.10. The van der Waals surface area contributed by atoms with Gasteiger partial charge in [0.15, 0.2) is 0 Å². The van der Waals surface area contributed by atoms with Crippen molar-refractivity contribution in [3.8, 4) is 5.75 Å². The van der Waals surface area contributed by atoms with E-state index >= 15 is 0 Å². The molecule has 0 spiro atoms. The van der Waals surface area contributed by atoms with Crippen molar-refractivity contribution in [1.29, 1.82) is 0 Å². The van der Waals surface area contributed by atoms with Gasteiger partial charge in [0, 0.05) is 16.2 Å². The number of aliphatic hydroxyl groups is 1. The number of ketones is 1. The van der Waals surface area contributed by atoms with Gasteiger partial charge in [-0.3, -0.25) is 14.5 Å². The lowest BCUT2D eigenvalue weighted by Crippen LogP contribution is -2.30. The maximum absolute atomic E-state index is 13.0. The van der Waals surface area contributed by atoms with Gasteiger partial charge in [-0.15, -0.1) is 0 Å². The van der Waals surface area contributed by atoms with Crippen LogP contribution < -0.4 is 9.64 Å². The SMILES string of the molecule is COc1ccc(C2/C(=C(\O)c3ccccc3)C(=O)C(=O)N2c2ccc(Br)cn2)cc1. The molecule has 6 nitrogen and oxygen atoms in total. The lowest BCUT2D eigenvalue weighted by atomic mass is 9.95. The van der Waals surface area contributed by atoms with E-state index in [0.717, 1.165) is 4.47 Å². The van der Waals surface area contributed by atoms with Crippen LogP contribution in [0.4, 0.5) is 5.82 Å². The molecule has 2 heterocycles. The molecule has 4 rings (SSSR count). The van der Waals surface area contributed by atoms with Crippen LogP contribution in [-0.2, 0) is 9.59 Å². The van der Waals surface area contributed by atoms with Gasteiger partial charge in [0.25, 0.3) is 5.78 Å². The molecule has 3 aromatic rings. The lowest BCUT2D eigenvalue weighted by Gasteiger charge is -2.24. The van der Waals surface area contributed by atoms with Gasteiger partial charge in [-0.25, -0.2) is 4.98 Å². The van der Waals surface area contributed by atoms with Gasteiger partial charge in [0.05, 0.1) is 18.7 Å². The summed E-state index contributed by atoms with van der Waals surface area (Å²) in [5, 5.41) is 11.0. The fourth-order valence-electron chi connectivity index (χ4n) is 3.43. The minimum atomic E-state index is -0.829. The minimum absolute atomic E-state index is 0.0149. The Morgan fingerprint density at radius 1 is 1.03 bits per heavy atom. The third-order valence-electron chi connectivity index (χ3n) is 4.88. The molecule has 150 valence electrons. The van der Waals surface area contributed by atoms with E-state index < -0.39 is 17.7 Å². The Balaban J connectivity index is 1.92. The van der Waals surface area contributed by atoms with Crippen molar-refractivity contribution in [2.45, 2.75) is 6.04 Å². The molecule has 2 aromatic carbocycles. The van der Waals surface area contributed by atoms with Crippen molar-refractivity contribution in [2.24, 2.45) is 0 Å². The largest absolute Gasteiger partial charge is 0.507 e. The van der Waals surface area contributed by atoms with Gasteiger partial charge < -0.3 is 9.84 Å². The number of rotatable bonds is 4. The van der Waals surface area contributed by atoms with Crippen LogP contribution in [0.5, 0.6) is 5.75 Å². The van der Waals surface area contributed by atoms with Crippen LogP contribution in [0, 0.1) is 0 Å². The first kappa shape index (κ1) is 19.8. The Hall–Kier alpha value is -3.45. The Morgan fingerprint density at radius 2 is 1.73 bits per heavy atom. The maximum Gasteiger partial charge on any atom is 0.301 e. The monoisotopic (exact) mass is 464 g/mol. The molecular weight excluding hydrogens is 448 g/mol. The van der Waals surface area contributed by atoms with Crippen molar-refractivity contribution >= 4 is 39.2 Å². The summed E-state index contributed by atoms with van der Waals surface area (Å²) in [6.07, 6.45) is 1.55. The summed E-state index contributed by atoms with van der Waals surface area (Å²) >= 11 is 3.33. The smallest absolute Gasteiger partial charge is 0.301 e. The molecule has 1 fully saturated rings. The van der Waals surface area contributed by atoms with Crippen LogP contribution in [0.15, 0.2) is 83.0 Å². The number of halogens is 1. The normalized spacial score (nSPS) is 17.9. The third kappa shape index (κ3) is 3.48. The zero-order valence-corrected chi connectivity index (χ0v) is 17.5. The second kappa shape index (κ2) is 8.12. The molecule has 1 unspecified atom stereocenters. The summed E-state index contributed by atoms with van der Waals surface area (Å²) in [7, 11) is 1.56. The summed E-state index contributed by atoms with van der Waals surface area (Å²) < 4.78 is 5.96. The number of nitrogens with zero attached hydrogens (tertiary/aromatic N) is 2. The van der Waals surface area contributed by atoms with Crippen LogP contribution in [0.1, 0.15) is 17.2 Å². The molecule has 1 aliphatic heterocycles. The van der Waals surface area contributed by atoms with E-state index in [-0.39, 0.29) is 11.3 Å². The average molecular weight is 465 g/mol. The van der Waals surface area contributed by atoms with E-state index in [1.807, 2.05) is 6.07 Å². The lowest BCUT2D eigenvalue weighted by molar-refractivity contribution is -0.132. The molecule has 7 heteroatoms. The van der Waals surface area contributed by atoms with E-state index in [4.69, 9.17) is 4.74 Å². The number of carbonyl (C=O) groups is 2. The first-order chi connectivity index (χ1) is 14.5. The number of pyridine rings is 1. The molecule has 1 amide bonds. The predicted octanol–water partition coefficient (Wildman–Crippen LogP) is 4.48. The fourth-order valence-corrected chi connectivity index (χ4v) is 3.67. The molecule has 30 heavy (non-hydrogen) atoms. The van der Waals surface area contributed by atoms with Gasteiger partial charge in [-0.1, -0.05) is 42.5 Å². The number of hydrogen-bond donors (Lipinski definition) is 1. The molecule has 1 atom stereocenters. The highest BCUT2D eigenvalue weighted by Crippen LogP contribution is 2.41. The number of anilines is 1. The standard InChI is InChI=1S/C23H17BrN2O4/c1-30-17-10-7-14(8-11-17)20-19(21(27)15-5-3-2-4-6-15)22(28)23(29)26(20)18-12-9-16(24)13-25-18/h2-13,20,27H,1H3/b21-19+. The minimum Gasteiger partial charge on any atom is -0.507 e. The van der Waals surface area contributed by atoms with Crippen LogP contribution in [0.25, 0.3) is 5.76 Å². The Bertz CT molecular complexity index is 1130. The van der Waals surface area contributed by atoms with Gasteiger partial charge in [0.1, 0.15) is 17.3 Å². The van der Waals surface area contributed by atoms with Crippen LogP contribution in [0.2, 0.25) is 0 Å². The Morgan fingerprint density at radius 3 is 2.33 bits per heavy atom. The van der Waals surface area contributed by atoms with E-state index in [9.17, 15) is 14.7 Å². The first-order valence-electron chi connectivity index (χ1n) is 9.13. The van der Waals surface area contributed by atoms with E-state index in [1.165, 1.54) is 4.90 Å². The Kier molecular flexibility index (Phi) is 5.37. The number of aliphatic hydroxyl groups excluding tert-OH is 1. The van der Waals surface area contributed by atoms with Crippen LogP contribution >= 0.6 is 15.9 Å². The van der Waals surface area contributed by atoms with Gasteiger partial charge in [-0.2, -0.15) is 0 Å². The van der Waals surface area contributed by atoms with Crippen molar-refractivity contribution in [1.82, 2.24) is 4.98 Å². The Labute approximate surface area is 181 Å². The summed E-state index contributed by atoms with van der Waals surface area (Å²) in [5.41, 5.74) is 1.12. The van der Waals surface area contributed by atoms with Crippen molar-refractivity contribution in [3.63, 3.8) is 0 Å². The molecule has 0 radical (unpaired) electrons. The van der Waals surface area contributed by atoms with Crippen molar-refractivity contribution in [2.75, 3.05) is 12.0 Å². The second-order valence-electron chi connectivity index (χ2n) is 6.64. The molecule has 0 bridgehead atoms. The topological polar surface area (TPSA) is 79.7 Å². The molecule has 1 aromatic heterocycles. The number of benzene rings is 2. The molecule has 1 saturated heterocycles. The number of Topliss-reactive ketones (excluding diaryl/α,β-unsaturated/α-hetero) is 1. The summed E-state index contributed by atoms with van der Waals surface area (Å²) in [4.78, 5) is 31.6. The molecule has 1 N–H and O–H groups in total. The maximum atomic E-state index is 13.0. The number of hydrogen-bond acceptors (Lipinski definition) is 5. The number of carbonyl (C=O) groups excluding carboxylic acids is 2. The van der Waals surface area contributed by atoms with E-state index in [1.54, 1.807) is 74.0 Å². The van der Waals surface area contributed by atoms with Gasteiger partial charge in [0.2, 0.25) is 0 Å². The van der Waals surface area contributed by atoms with E-state index in [2.05, 4.69) is 20.9 Å². The summed E-state index contributed by atoms with van der Waals surface area (Å²) in [6.45, 7) is 0. The fraction of sp³-hybridized carbons (Fsp3) is 0.0870. The zero-order chi connectivity index (χ0) is 21.3. The number of aromatic nitrogens is 1. The molecular formula is C23H17BrN2O4. The number of amides is 1. The van der Waals surface area contributed by atoms with Crippen LogP contribution in [-0.4, -0.2) is 28.9 Å². The zero-order valence-electron chi connectivity index (χ0n) is 15.9. The summed E-state index contributed by atoms with van der Waals surface area (Å²) in [6, 6.07) is 18.3. The highest BCUT2D eigenvalue weighted by Gasteiger charge is 2.47. The number of ether oxygens (including phenoxy) is 1. The number of methoxy groups -OCH3 is 1. The van der Waals surface area contributed by atoms with Gasteiger partial charge in [-0.05, 0) is 45.8 Å². The molecule has 0 aliphatic carbocycles. The van der Waals surface area contributed by atoms with Crippen molar-refractivity contribution in [3.05, 3.63) is 94.1 Å².